The quantitative estimate of drug-likeness (QED) is 0.891. The maximum absolute atomic E-state index is 12.4. The van der Waals surface area contributed by atoms with Crippen molar-refractivity contribution in [2.24, 2.45) is 0 Å². The molecule has 1 heterocycles. The molecule has 0 radical (unpaired) electrons. The molecule has 1 saturated heterocycles. The molecule has 1 aliphatic heterocycles. The first-order valence-corrected chi connectivity index (χ1v) is 8.76. The van der Waals surface area contributed by atoms with E-state index in [9.17, 15) is 9.59 Å². The Morgan fingerprint density at radius 3 is 2.19 bits per heavy atom. The number of carbonyl (C=O) groups is 2. The fourth-order valence-electron chi connectivity index (χ4n) is 3.08. The molecule has 6 heteroatoms. The third-order valence-electron chi connectivity index (χ3n) is 4.37. The monoisotopic (exact) mass is 352 g/mol. The molecule has 3 amide bonds. The number of amides is 3. The maximum atomic E-state index is 12.4. The molecule has 136 valence electrons. The van der Waals surface area contributed by atoms with Gasteiger partial charge >= 0.3 is 6.03 Å². The molecule has 2 aromatic rings. The Kier molecular flexibility index (Phi) is 5.41. The number of rotatable bonds is 3. The number of nitrogens with zero attached hydrogens (tertiary/aromatic N) is 2. The summed E-state index contributed by atoms with van der Waals surface area (Å²) in [5.74, 6) is -0.0835. The molecular weight excluding hydrogens is 328 g/mol. The first-order chi connectivity index (χ1) is 12.5. The molecule has 1 fully saturated rings. The average Bonchev–Trinajstić information content (AvgIpc) is 2.61. The summed E-state index contributed by atoms with van der Waals surface area (Å²) in [7, 11) is 0. The number of hydrogen-bond acceptors (Lipinski definition) is 3. The normalized spacial score (nSPS) is 14.1. The van der Waals surface area contributed by atoms with E-state index in [1.165, 1.54) is 6.92 Å². The predicted molar refractivity (Wildman–Crippen MR) is 105 cm³/mol. The first-order valence-electron chi connectivity index (χ1n) is 8.76. The van der Waals surface area contributed by atoms with Gasteiger partial charge in [-0.3, -0.25) is 4.79 Å². The van der Waals surface area contributed by atoms with Crippen LogP contribution >= 0.6 is 0 Å². The Bertz CT molecular complexity index is 798. The molecule has 3 rings (SSSR count). The van der Waals surface area contributed by atoms with E-state index >= 15 is 0 Å². The van der Waals surface area contributed by atoms with Gasteiger partial charge in [-0.1, -0.05) is 18.2 Å². The Labute approximate surface area is 153 Å². The van der Waals surface area contributed by atoms with E-state index in [4.69, 9.17) is 0 Å². The van der Waals surface area contributed by atoms with E-state index in [1.807, 2.05) is 60.4 Å². The number of nitrogens with one attached hydrogen (secondary N) is 2. The maximum Gasteiger partial charge on any atom is 0.321 e. The van der Waals surface area contributed by atoms with Crippen LogP contribution in [-0.2, 0) is 4.79 Å². The molecule has 1 aliphatic rings. The van der Waals surface area contributed by atoms with Crippen LogP contribution in [0.4, 0.5) is 21.9 Å². The number of urea groups is 1. The molecule has 0 bridgehead atoms. The van der Waals surface area contributed by atoms with Crippen LogP contribution in [-0.4, -0.2) is 43.0 Å². The van der Waals surface area contributed by atoms with Crippen LogP contribution < -0.4 is 15.5 Å². The van der Waals surface area contributed by atoms with Crippen LogP contribution in [0.25, 0.3) is 0 Å². The zero-order valence-electron chi connectivity index (χ0n) is 15.2. The van der Waals surface area contributed by atoms with Gasteiger partial charge in [-0.05, 0) is 42.8 Å². The molecule has 0 spiro atoms. The first kappa shape index (κ1) is 17.8. The number of piperazine rings is 1. The van der Waals surface area contributed by atoms with E-state index in [0.717, 1.165) is 35.7 Å². The second-order valence-electron chi connectivity index (χ2n) is 6.51. The largest absolute Gasteiger partial charge is 0.368 e. The van der Waals surface area contributed by atoms with Crippen molar-refractivity contribution >= 4 is 29.0 Å². The third kappa shape index (κ3) is 4.53. The van der Waals surface area contributed by atoms with Crippen molar-refractivity contribution in [3.05, 3.63) is 54.1 Å². The van der Waals surface area contributed by atoms with Gasteiger partial charge in [0.15, 0.2) is 0 Å². The average molecular weight is 352 g/mol. The minimum absolute atomic E-state index is 0.0674. The van der Waals surface area contributed by atoms with Crippen molar-refractivity contribution in [2.75, 3.05) is 41.7 Å². The summed E-state index contributed by atoms with van der Waals surface area (Å²) < 4.78 is 0. The summed E-state index contributed by atoms with van der Waals surface area (Å²) in [4.78, 5) is 27.7. The van der Waals surface area contributed by atoms with Crippen molar-refractivity contribution < 1.29 is 9.59 Å². The lowest BCUT2D eigenvalue weighted by Crippen LogP contribution is -2.50. The molecule has 2 N–H and O–H groups in total. The van der Waals surface area contributed by atoms with Crippen molar-refractivity contribution in [3.63, 3.8) is 0 Å². The van der Waals surface area contributed by atoms with Gasteiger partial charge in [-0.15, -0.1) is 0 Å². The number of hydrogen-bond donors (Lipinski definition) is 2. The lowest BCUT2D eigenvalue weighted by molar-refractivity contribution is -0.114. The van der Waals surface area contributed by atoms with Gasteiger partial charge in [0.2, 0.25) is 5.91 Å². The van der Waals surface area contributed by atoms with E-state index < -0.39 is 0 Å². The molecule has 26 heavy (non-hydrogen) atoms. The van der Waals surface area contributed by atoms with Crippen LogP contribution in [0.5, 0.6) is 0 Å². The van der Waals surface area contributed by atoms with Crippen molar-refractivity contribution in [1.29, 1.82) is 0 Å². The summed E-state index contributed by atoms with van der Waals surface area (Å²) in [6, 6.07) is 15.5. The Morgan fingerprint density at radius 1 is 0.885 bits per heavy atom. The van der Waals surface area contributed by atoms with E-state index in [-0.39, 0.29) is 11.9 Å². The summed E-state index contributed by atoms with van der Waals surface area (Å²) >= 11 is 0. The van der Waals surface area contributed by atoms with Gasteiger partial charge in [0, 0.05) is 50.2 Å². The fraction of sp³-hybridized carbons (Fsp3) is 0.300. The second kappa shape index (κ2) is 7.91. The zero-order valence-corrected chi connectivity index (χ0v) is 15.2. The third-order valence-corrected chi connectivity index (χ3v) is 4.37. The Hall–Kier alpha value is -3.02. The van der Waals surface area contributed by atoms with Gasteiger partial charge in [-0.25, -0.2) is 4.79 Å². The van der Waals surface area contributed by atoms with Gasteiger partial charge < -0.3 is 20.4 Å². The van der Waals surface area contributed by atoms with Crippen molar-refractivity contribution in [2.45, 2.75) is 13.8 Å². The molecule has 6 nitrogen and oxygen atoms in total. The van der Waals surface area contributed by atoms with Crippen LogP contribution in [0.3, 0.4) is 0 Å². The number of anilines is 3. The fourth-order valence-corrected chi connectivity index (χ4v) is 3.08. The summed E-state index contributed by atoms with van der Waals surface area (Å²) in [5, 5.41) is 5.76. The van der Waals surface area contributed by atoms with Gasteiger partial charge in [-0.2, -0.15) is 0 Å². The van der Waals surface area contributed by atoms with Gasteiger partial charge in [0.25, 0.3) is 0 Å². The lowest BCUT2D eigenvalue weighted by Gasteiger charge is -2.36. The summed E-state index contributed by atoms with van der Waals surface area (Å²) in [6.45, 7) is 6.32. The van der Waals surface area contributed by atoms with E-state index in [1.54, 1.807) is 0 Å². The number of carbonyl (C=O) groups excluding carboxylic acids is 2. The molecule has 0 saturated carbocycles. The highest BCUT2D eigenvalue weighted by Gasteiger charge is 2.21. The molecular formula is C20H24N4O2. The lowest BCUT2D eigenvalue weighted by atomic mass is 10.2. The van der Waals surface area contributed by atoms with Crippen LogP contribution in [0.15, 0.2) is 48.5 Å². The number of benzene rings is 2. The number of aryl methyl sites for hydroxylation is 1. The van der Waals surface area contributed by atoms with Crippen LogP contribution in [0.1, 0.15) is 12.5 Å². The summed E-state index contributed by atoms with van der Waals surface area (Å²) in [5.41, 5.74) is 3.77. The minimum atomic E-state index is -0.0835. The molecule has 0 aromatic heterocycles. The standard InChI is InChI=1S/C20H24N4O2/c1-15-5-3-6-17(13-15)22-20(26)24-11-9-23(10-12-24)19-8-4-7-18(14-19)21-16(2)25/h3-8,13-14H,9-12H2,1-2H3,(H,21,25)(H,22,26). The molecule has 2 aromatic carbocycles. The minimum Gasteiger partial charge on any atom is -0.368 e. The highest BCUT2D eigenvalue weighted by molar-refractivity contribution is 5.90. The van der Waals surface area contributed by atoms with Gasteiger partial charge in [0.1, 0.15) is 0 Å². The van der Waals surface area contributed by atoms with Gasteiger partial charge in [0.05, 0.1) is 0 Å². The molecule has 0 aliphatic carbocycles. The van der Waals surface area contributed by atoms with E-state index in [2.05, 4.69) is 15.5 Å². The van der Waals surface area contributed by atoms with E-state index in [0.29, 0.717) is 13.1 Å². The Morgan fingerprint density at radius 2 is 1.54 bits per heavy atom. The predicted octanol–water partition coefficient (Wildman–Crippen LogP) is 3.31. The highest BCUT2D eigenvalue weighted by Crippen LogP contribution is 2.21. The van der Waals surface area contributed by atoms with Crippen molar-refractivity contribution in [1.82, 2.24) is 4.90 Å². The zero-order chi connectivity index (χ0) is 18.5. The molecule has 0 atom stereocenters. The molecule has 0 unspecified atom stereocenters. The van der Waals surface area contributed by atoms with Crippen LogP contribution in [0, 0.1) is 6.92 Å². The SMILES string of the molecule is CC(=O)Nc1cccc(N2CCN(C(=O)Nc3cccc(C)c3)CC2)c1. The van der Waals surface area contributed by atoms with Crippen LogP contribution in [0.2, 0.25) is 0 Å². The topological polar surface area (TPSA) is 64.7 Å². The van der Waals surface area contributed by atoms with Crippen molar-refractivity contribution in [3.8, 4) is 0 Å². The second-order valence-corrected chi connectivity index (χ2v) is 6.51. The smallest absolute Gasteiger partial charge is 0.321 e. The Balaban J connectivity index is 1.57. The highest BCUT2D eigenvalue weighted by atomic mass is 16.2. The summed E-state index contributed by atoms with van der Waals surface area (Å²) in [6.07, 6.45) is 0.